The third-order valence-electron chi connectivity index (χ3n) is 5.02. The maximum atomic E-state index is 12.4. The first kappa shape index (κ1) is 20.2. The van der Waals surface area contributed by atoms with E-state index in [0.717, 1.165) is 46.8 Å². The Labute approximate surface area is 181 Å². The number of amides is 1. The van der Waals surface area contributed by atoms with Crippen molar-refractivity contribution in [3.63, 3.8) is 0 Å². The van der Waals surface area contributed by atoms with Crippen LogP contribution in [0.4, 0.5) is 23.0 Å². The molecule has 1 fully saturated rings. The summed E-state index contributed by atoms with van der Waals surface area (Å²) in [5.74, 6) is 2.37. The topological polar surface area (TPSA) is 70.2 Å². The number of rotatable bonds is 6. The van der Waals surface area contributed by atoms with E-state index in [2.05, 4.69) is 25.5 Å². The second-order valence-electron chi connectivity index (χ2n) is 7.24. The summed E-state index contributed by atoms with van der Waals surface area (Å²) in [6.45, 7) is 4.00. The van der Waals surface area contributed by atoms with Gasteiger partial charge in [-0.2, -0.15) is 0 Å². The molecular formula is C23H25N5OS. The molecule has 0 atom stereocenters. The van der Waals surface area contributed by atoms with Gasteiger partial charge in [-0.1, -0.05) is 0 Å². The molecule has 1 aliphatic rings. The second kappa shape index (κ2) is 9.17. The molecule has 0 bridgehead atoms. The molecule has 6 nitrogen and oxygen atoms in total. The van der Waals surface area contributed by atoms with Crippen LogP contribution < -0.4 is 15.5 Å². The lowest BCUT2D eigenvalue weighted by Gasteiger charge is -2.18. The molecule has 0 radical (unpaired) electrons. The fourth-order valence-corrected chi connectivity index (χ4v) is 3.86. The number of hydrogen-bond acceptors (Lipinski definition) is 6. The van der Waals surface area contributed by atoms with Crippen LogP contribution in [0.3, 0.4) is 0 Å². The molecule has 1 aliphatic heterocycles. The summed E-state index contributed by atoms with van der Waals surface area (Å²) in [5, 5.41) is 6.28. The van der Waals surface area contributed by atoms with Crippen LogP contribution in [0.5, 0.6) is 0 Å². The van der Waals surface area contributed by atoms with Crippen molar-refractivity contribution in [2.75, 3.05) is 34.9 Å². The van der Waals surface area contributed by atoms with Crippen LogP contribution >= 0.6 is 11.8 Å². The molecule has 2 N–H and O–H groups in total. The number of hydrogen-bond donors (Lipinski definition) is 2. The van der Waals surface area contributed by atoms with Crippen molar-refractivity contribution in [1.29, 1.82) is 0 Å². The predicted molar refractivity (Wildman–Crippen MR) is 124 cm³/mol. The first-order valence-corrected chi connectivity index (χ1v) is 11.3. The number of aromatic nitrogens is 2. The molecule has 30 heavy (non-hydrogen) atoms. The zero-order valence-electron chi connectivity index (χ0n) is 17.2. The van der Waals surface area contributed by atoms with E-state index in [9.17, 15) is 4.79 Å². The van der Waals surface area contributed by atoms with Crippen molar-refractivity contribution in [2.24, 2.45) is 0 Å². The van der Waals surface area contributed by atoms with Crippen molar-refractivity contribution in [3.05, 3.63) is 66.0 Å². The average Bonchev–Trinajstić information content (AvgIpc) is 3.30. The van der Waals surface area contributed by atoms with Gasteiger partial charge in [-0.15, -0.1) is 11.8 Å². The van der Waals surface area contributed by atoms with Crippen LogP contribution in [0.25, 0.3) is 0 Å². The number of nitrogens with one attached hydrogen (secondary N) is 2. The average molecular weight is 420 g/mol. The van der Waals surface area contributed by atoms with Crippen LogP contribution in [-0.4, -0.2) is 35.2 Å². The number of anilines is 4. The van der Waals surface area contributed by atoms with Gasteiger partial charge in [0.05, 0.1) is 0 Å². The van der Waals surface area contributed by atoms with E-state index in [1.807, 2.05) is 67.8 Å². The highest BCUT2D eigenvalue weighted by molar-refractivity contribution is 7.98. The fourth-order valence-electron chi connectivity index (χ4n) is 3.45. The predicted octanol–water partition coefficient (Wildman–Crippen LogP) is 5.10. The van der Waals surface area contributed by atoms with Gasteiger partial charge in [0.1, 0.15) is 17.5 Å². The summed E-state index contributed by atoms with van der Waals surface area (Å²) in [4.78, 5) is 24.9. The largest absolute Gasteiger partial charge is 0.356 e. The van der Waals surface area contributed by atoms with Crippen LogP contribution in [0.1, 0.15) is 29.0 Å². The van der Waals surface area contributed by atoms with E-state index in [0.29, 0.717) is 5.56 Å². The molecule has 0 aliphatic carbocycles. The Hall–Kier alpha value is -3.06. The molecule has 7 heteroatoms. The Bertz CT molecular complexity index is 1010. The molecule has 1 saturated heterocycles. The van der Waals surface area contributed by atoms with E-state index >= 15 is 0 Å². The van der Waals surface area contributed by atoms with Crippen molar-refractivity contribution in [2.45, 2.75) is 24.7 Å². The van der Waals surface area contributed by atoms with E-state index in [1.165, 1.54) is 12.8 Å². The minimum absolute atomic E-state index is 0.120. The molecule has 1 aromatic heterocycles. The van der Waals surface area contributed by atoms with E-state index in [-0.39, 0.29) is 5.91 Å². The molecule has 0 unspecified atom stereocenters. The van der Waals surface area contributed by atoms with Crippen molar-refractivity contribution < 1.29 is 4.79 Å². The number of nitrogens with zero attached hydrogens (tertiary/aromatic N) is 3. The molecular weight excluding hydrogens is 394 g/mol. The number of carbonyl (C=O) groups is 1. The maximum absolute atomic E-state index is 12.4. The maximum Gasteiger partial charge on any atom is 0.255 e. The molecule has 1 amide bonds. The highest BCUT2D eigenvalue weighted by Gasteiger charge is 2.15. The first-order valence-electron chi connectivity index (χ1n) is 10.0. The number of carbonyl (C=O) groups excluding carboxylic acids is 1. The molecule has 4 rings (SSSR count). The number of benzene rings is 2. The SMILES string of the molecule is CSc1ccc(C(=O)Nc2ccc(Nc3cc(N4CCCC4)nc(C)n3)cc2)cc1. The Morgan fingerprint density at radius 1 is 0.967 bits per heavy atom. The lowest BCUT2D eigenvalue weighted by Crippen LogP contribution is -2.19. The number of aryl methyl sites for hydroxylation is 1. The molecule has 2 heterocycles. The van der Waals surface area contributed by atoms with E-state index in [4.69, 9.17) is 0 Å². The first-order chi connectivity index (χ1) is 14.6. The summed E-state index contributed by atoms with van der Waals surface area (Å²) < 4.78 is 0. The second-order valence-corrected chi connectivity index (χ2v) is 8.12. The molecule has 2 aromatic carbocycles. The molecule has 3 aromatic rings. The van der Waals surface area contributed by atoms with Gasteiger partial charge in [0.15, 0.2) is 0 Å². The van der Waals surface area contributed by atoms with Gasteiger partial charge >= 0.3 is 0 Å². The lowest BCUT2D eigenvalue weighted by molar-refractivity contribution is 0.102. The summed E-state index contributed by atoms with van der Waals surface area (Å²) in [6, 6.07) is 17.2. The Morgan fingerprint density at radius 3 is 2.30 bits per heavy atom. The summed E-state index contributed by atoms with van der Waals surface area (Å²) >= 11 is 1.65. The van der Waals surface area contributed by atoms with E-state index in [1.54, 1.807) is 11.8 Å². The van der Waals surface area contributed by atoms with Crippen molar-refractivity contribution in [3.8, 4) is 0 Å². The third kappa shape index (κ3) is 4.91. The minimum Gasteiger partial charge on any atom is -0.356 e. The molecule has 0 saturated carbocycles. The van der Waals surface area contributed by atoms with Crippen LogP contribution in [-0.2, 0) is 0 Å². The fraction of sp³-hybridized carbons (Fsp3) is 0.261. The summed E-state index contributed by atoms with van der Waals surface area (Å²) in [5.41, 5.74) is 2.29. The Kier molecular flexibility index (Phi) is 6.18. The van der Waals surface area contributed by atoms with E-state index < -0.39 is 0 Å². The van der Waals surface area contributed by atoms with Crippen molar-refractivity contribution in [1.82, 2.24) is 9.97 Å². The van der Waals surface area contributed by atoms with Crippen LogP contribution in [0, 0.1) is 6.92 Å². The van der Waals surface area contributed by atoms with Gasteiger partial charge in [-0.3, -0.25) is 4.79 Å². The van der Waals surface area contributed by atoms with Gasteiger partial charge in [-0.05, 0) is 74.6 Å². The van der Waals surface area contributed by atoms with Gasteiger partial charge < -0.3 is 15.5 Å². The Balaban J connectivity index is 1.41. The standard InChI is InChI=1S/C23H25N5OS/c1-16-24-21(15-22(25-16)28-13-3-4-14-28)26-18-7-9-19(10-8-18)27-23(29)17-5-11-20(30-2)12-6-17/h5-12,15H,3-4,13-14H2,1-2H3,(H,27,29)(H,24,25,26). The van der Waals surface area contributed by atoms with Gasteiger partial charge in [-0.25, -0.2) is 9.97 Å². The van der Waals surface area contributed by atoms with Crippen molar-refractivity contribution >= 4 is 40.7 Å². The normalized spacial score (nSPS) is 13.3. The van der Waals surface area contributed by atoms with Gasteiger partial charge in [0.25, 0.3) is 5.91 Å². The highest BCUT2D eigenvalue weighted by Crippen LogP contribution is 2.24. The highest BCUT2D eigenvalue weighted by atomic mass is 32.2. The van der Waals surface area contributed by atoms with Gasteiger partial charge in [0, 0.05) is 41.0 Å². The minimum atomic E-state index is -0.120. The van der Waals surface area contributed by atoms with Crippen LogP contribution in [0.2, 0.25) is 0 Å². The smallest absolute Gasteiger partial charge is 0.255 e. The monoisotopic (exact) mass is 419 g/mol. The zero-order chi connectivity index (χ0) is 20.9. The van der Waals surface area contributed by atoms with Crippen LogP contribution in [0.15, 0.2) is 59.5 Å². The molecule has 0 spiro atoms. The zero-order valence-corrected chi connectivity index (χ0v) is 18.0. The Morgan fingerprint density at radius 2 is 1.63 bits per heavy atom. The van der Waals surface area contributed by atoms with Gasteiger partial charge in [0.2, 0.25) is 0 Å². The summed E-state index contributed by atoms with van der Waals surface area (Å²) in [6.07, 6.45) is 4.43. The number of thioether (sulfide) groups is 1. The lowest BCUT2D eigenvalue weighted by atomic mass is 10.2. The summed E-state index contributed by atoms with van der Waals surface area (Å²) in [7, 11) is 0. The molecule has 154 valence electrons. The quantitative estimate of drug-likeness (QED) is 0.542. The third-order valence-corrected chi connectivity index (χ3v) is 5.77.